The minimum Gasteiger partial charge on any atom is -0.354 e. The molecule has 3 N–H and O–H groups in total. The Bertz CT molecular complexity index is 267. The highest BCUT2D eigenvalue weighted by molar-refractivity contribution is 5.83. The van der Waals surface area contributed by atoms with Gasteiger partial charge < -0.3 is 16.0 Å². The maximum absolute atomic E-state index is 11.7. The molecule has 0 heterocycles. The zero-order valence-electron chi connectivity index (χ0n) is 9.65. The van der Waals surface area contributed by atoms with Crippen molar-refractivity contribution >= 4 is 11.9 Å². The third-order valence-electron chi connectivity index (χ3n) is 1.57. The lowest BCUT2D eigenvalue weighted by atomic mass is 10.2. The lowest BCUT2D eigenvalue weighted by molar-refractivity contribution is -0.122. The fourth-order valence-electron chi connectivity index (χ4n) is 0.784. The standard InChI is InChI=1S/C9H16F3N3O2/c1-6(2)3-13-7(16)4-14-8(17)15-5-9(10,11)12/h6H,3-5H2,1-2H3,(H,13,16)(H2,14,15,17). The predicted molar refractivity (Wildman–Crippen MR) is 55.3 cm³/mol. The van der Waals surface area contributed by atoms with Gasteiger partial charge >= 0.3 is 12.2 Å². The normalized spacial score (nSPS) is 11.2. The van der Waals surface area contributed by atoms with Gasteiger partial charge in [0.15, 0.2) is 0 Å². The summed E-state index contributed by atoms with van der Waals surface area (Å²) in [6.45, 7) is 2.46. The summed E-state index contributed by atoms with van der Waals surface area (Å²) in [5, 5.41) is 6.11. The number of nitrogens with one attached hydrogen (secondary N) is 3. The van der Waals surface area contributed by atoms with Crippen LogP contribution in [0.4, 0.5) is 18.0 Å². The summed E-state index contributed by atoms with van der Waals surface area (Å²) in [5.74, 6) is -0.182. The van der Waals surface area contributed by atoms with Gasteiger partial charge in [0.2, 0.25) is 5.91 Å². The SMILES string of the molecule is CC(C)CNC(=O)CNC(=O)NCC(F)(F)F. The molecule has 0 aromatic rings. The Morgan fingerprint density at radius 1 is 1.12 bits per heavy atom. The Morgan fingerprint density at radius 2 is 1.71 bits per heavy atom. The van der Waals surface area contributed by atoms with Crippen LogP contribution in [0.1, 0.15) is 13.8 Å². The van der Waals surface area contributed by atoms with E-state index in [-0.39, 0.29) is 12.5 Å². The van der Waals surface area contributed by atoms with Gasteiger partial charge in [-0.05, 0) is 5.92 Å². The summed E-state index contributed by atoms with van der Waals surface area (Å²) in [7, 11) is 0. The van der Waals surface area contributed by atoms with Crippen LogP contribution in [0.25, 0.3) is 0 Å². The Kier molecular flexibility index (Phi) is 6.37. The molecule has 3 amide bonds. The van der Waals surface area contributed by atoms with Crippen LogP contribution < -0.4 is 16.0 Å². The molecule has 17 heavy (non-hydrogen) atoms. The van der Waals surface area contributed by atoms with Gasteiger partial charge in [-0.3, -0.25) is 4.79 Å². The molecule has 0 aliphatic carbocycles. The number of alkyl halides is 3. The van der Waals surface area contributed by atoms with E-state index >= 15 is 0 Å². The molecule has 0 aliphatic rings. The minimum absolute atomic E-state index is 0.262. The van der Waals surface area contributed by atoms with Crippen LogP contribution in [-0.4, -0.2) is 37.7 Å². The lowest BCUT2D eigenvalue weighted by Crippen LogP contribution is -2.45. The van der Waals surface area contributed by atoms with Crippen molar-refractivity contribution in [1.29, 1.82) is 0 Å². The molecular weight excluding hydrogens is 239 g/mol. The lowest BCUT2D eigenvalue weighted by Gasteiger charge is -2.10. The van der Waals surface area contributed by atoms with Gasteiger partial charge in [0, 0.05) is 6.54 Å². The average molecular weight is 255 g/mol. The molecule has 0 saturated heterocycles. The summed E-state index contributed by atoms with van der Waals surface area (Å²) in [6, 6.07) is -1.03. The highest BCUT2D eigenvalue weighted by Crippen LogP contribution is 2.11. The van der Waals surface area contributed by atoms with Crippen LogP contribution in [0.3, 0.4) is 0 Å². The maximum Gasteiger partial charge on any atom is 0.405 e. The van der Waals surface area contributed by atoms with Gasteiger partial charge in [-0.25, -0.2) is 4.79 Å². The number of carbonyl (C=O) groups is 2. The number of amides is 3. The zero-order valence-corrected chi connectivity index (χ0v) is 9.65. The molecule has 0 rings (SSSR count). The van der Waals surface area contributed by atoms with Gasteiger partial charge in [-0.2, -0.15) is 13.2 Å². The Hall–Kier alpha value is -1.47. The molecule has 100 valence electrons. The highest BCUT2D eigenvalue weighted by atomic mass is 19.4. The molecule has 0 aliphatic heterocycles. The van der Waals surface area contributed by atoms with Crippen LogP contribution in [0.15, 0.2) is 0 Å². The summed E-state index contributed by atoms with van der Waals surface area (Å²) in [5.41, 5.74) is 0. The Labute approximate surface area is 97.1 Å². The van der Waals surface area contributed by atoms with Crippen molar-refractivity contribution < 1.29 is 22.8 Å². The Morgan fingerprint density at radius 3 is 2.18 bits per heavy atom. The first-order chi connectivity index (χ1) is 7.70. The van der Waals surface area contributed by atoms with Crippen molar-refractivity contribution in [3.63, 3.8) is 0 Å². The number of carbonyl (C=O) groups excluding carboxylic acids is 2. The summed E-state index contributed by atoms with van der Waals surface area (Å²) < 4.78 is 35.1. The van der Waals surface area contributed by atoms with E-state index in [1.54, 1.807) is 5.32 Å². The molecule has 0 fully saturated rings. The summed E-state index contributed by atoms with van der Waals surface area (Å²) >= 11 is 0. The quantitative estimate of drug-likeness (QED) is 0.674. The molecule has 0 aromatic carbocycles. The smallest absolute Gasteiger partial charge is 0.354 e. The molecule has 0 radical (unpaired) electrons. The van der Waals surface area contributed by atoms with E-state index in [1.807, 2.05) is 19.2 Å². The topological polar surface area (TPSA) is 70.2 Å². The molecule has 5 nitrogen and oxygen atoms in total. The fraction of sp³-hybridized carbons (Fsp3) is 0.778. The molecule has 0 spiro atoms. The van der Waals surface area contributed by atoms with Crippen LogP contribution in [0, 0.1) is 5.92 Å². The molecular formula is C9H16F3N3O2. The van der Waals surface area contributed by atoms with E-state index in [9.17, 15) is 22.8 Å². The molecule has 0 bridgehead atoms. The number of hydrogen-bond acceptors (Lipinski definition) is 2. The van der Waals surface area contributed by atoms with E-state index in [1.165, 1.54) is 0 Å². The number of urea groups is 1. The van der Waals surface area contributed by atoms with E-state index in [2.05, 4.69) is 5.32 Å². The number of hydrogen-bond donors (Lipinski definition) is 3. The van der Waals surface area contributed by atoms with Crippen molar-refractivity contribution in [2.45, 2.75) is 20.0 Å². The van der Waals surface area contributed by atoms with E-state index < -0.39 is 24.7 Å². The van der Waals surface area contributed by atoms with Crippen LogP contribution in [0.2, 0.25) is 0 Å². The molecule has 0 unspecified atom stereocenters. The van der Waals surface area contributed by atoms with Gasteiger partial charge in [-0.1, -0.05) is 13.8 Å². The van der Waals surface area contributed by atoms with Gasteiger partial charge in [-0.15, -0.1) is 0 Å². The first-order valence-corrected chi connectivity index (χ1v) is 5.06. The van der Waals surface area contributed by atoms with Crippen molar-refractivity contribution in [2.24, 2.45) is 5.92 Å². The summed E-state index contributed by atoms with van der Waals surface area (Å²) in [6.07, 6.45) is -4.46. The molecule has 0 atom stereocenters. The van der Waals surface area contributed by atoms with Gasteiger partial charge in [0.1, 0.15) is 6.54 Å². The second-order valence-electron chi connectivity index (χ2n) is 3.85. The number of rotatable bonds is 5. The highest BCUT2D eigenvalue weighted by Gasteiger charge is 2.27. The van der Waals surface area contributed by atoms with E-state index in [0.29, 0.717) is 6.54 Å². The molecule has 0 aromatic heterocycles. The Balaban J connectivity index is 3.66. The monoisotopic (exact) mass is 255 g/mol. The van der Waals surface area contributed by atoms with Crippen molar-refractivity contribution in [2.75, 3.05) is 19.6 Å². The fourth-order valence-corrected chi connectivity index (χ4v) is 0.784. The first-order valence-electron chi connectivity index (χ1n) is 5.06. The zero-order chi connectivity index (χ0) is 13.5. The van der Waals surface area contributed by atoms with Gasteiger partial charge in [0.25, 0.3) is 0 Å². The molecule has 0 saturated carbocycles. The summed E-state index contributed by atoms with van der Waals surface area (Å²) in [4.78, 5) is 21.9. The number of halogens is 3. The minimum atomic E-state index is -4.46. The van der Waals surface area contributed by atoms with Crippen molar-refractivity contribution in [3.8, 4) is 0 Å². The second-order valence-corrected chi connectivity index (χ2v) is 3.85. The van der Waals surface area contributed by atoms with Crippen LogP contribution in [0.5, 0.6) is 0 Å². The predicted octanol–water partition coefficient (Wildman–Crippen LogP) is 0.620. The maximum atomic E-state index is 11.7. The second kappa shape index (κ2) is 6.97. The van der Waals surface area contributed by atoms with Crippen LogP contribution >= 0.6 is 0 Å². The third-order valence-corrected chi connectivity index (χ3v) is 1.57. The third kappa shape index (κ3) is 10.8. The molecule has 8 heteroatoms. The van der Waals surface area contributed by atoms with E-state index in [0.717, 1.165) is 0 Å². The largest absolute Gasteiger partial charge is 0.405 e. The van der Waals surface area contributed by atoms with Crippen LogP contribution in [-0.2, 0) is 4.79 Å². The van der Waals surface area contributed by atoms with Crippen molar-refractivity contribution in [3.05, 3.63) is 0 Å². The average Bonchev–Trinajstić information content (AvgIpc) is 2.19. The van der Waals surface area contributed by atoms with Gasteiger partial charge in [0.05, 0.1) is 6.54 Å². The van der Waals surface area contributed by atoms with E-state index in [4.69, 9.17) is 0 Å². The van der Waals surface area contributed by atoms with Crippen molar-refractivity contribution in [1.82, 2.24) is 16.0 Å². The first kappa shape index (κ1) is 15.5.